The van der Waals surface area contributed by atoms with E-state index in [4.69, 9.17) is 10.5 Å². The van der Waals surface area contributed by atoms with Crippen LogP contribution < -0.4 is 10.5 Å². The van der Waals surface area contributed by atoms with E-state index < -0.39 is 6.10 Å². The van der Waals surface area contributed by atoms with Crippen molar-refractivity contribution in [3.05, 3.63) is 28.8 Å². The van der Waals surface area contributed by atoms with Gasteiger partial charge in [0.25, 0.3) is 0 Å². The first-order valence-corrected chi connectivity index (χ1v) is 7.49. The Labute approximate surface area is 123 Å². The molecule has 1 aromatic rings. The lowest BCUT2D eigenvalue weighted by molar-refractivity contribution is 0.124. The summed E-state index contributed by atoms with van der Waals surface area (Å²) in [5, 5.41) is 10.2. The van der Waals surface area contributed by atoms with Gasteiger partial charge < -0.3 is 15.6 Å². The van der Waals surface area contributed by atoms with Crippen LogP contribution in [0.1, 0.15) is 55.7 Å². The topological polar surface area (TPSA) is 55.5 Å². The third-order valence-corrected chi connectivity index (χ3v) is 4.03. The smallest absolute Gasteiger partial charge is 0.122 e. The lowest BCUT2D eigenvalue weighted by Gasteiger charge is -2.23. The van der Waals surface area contributed by atoms with Gasteiger partial charge in [0.05, 0.1) is 13.2 Å². The third-order valence-electron chi connectivity index (χ3n) is 4.03. The number of methoxy groups -OCH3 is 1. The summed E-state index contributed by atoms with van der Waals surface area (Å²) in [5.41, 5.74) is 9.60. The van der Waals surface area contributed by atoms with Crippen molar-refractivity contribution < 1.29 is 9.84 Å². The molecule has 3 nitrogen and oxygen atoms in total. The van der Waals surface area contributed by atoms with Gasteiger partial charge in [0.15, 0.2) is 0 Å². The molecule has 0 heterocycles. The van der Waals surface area contributed by atoms with E-state index in [-0.39, 0.29) is 12.0 Å². The number of rotatable bonds is 7. The summed E-state index contributed by atoms with van der Waals surface area (Å²) in [6.07, 6.45) is 2.14. The fourth-order valence-corrected chi connectivity index (χ4v) is 2.75. The Morgan fingerprint density at radius 1 is 1.25 bits per heavy atom. The number of aliphatic hydroxyl groups is 1. The fourth-order valence-electron chi connectivity index (χ4n) is 2.75. The number of ether oxygens (including phenoxy) is 1. The molecule has 0 radical (unpaired) electrons. The van der Waals surface area contributed by atoms with Gasteiger partial charge in [0.1, 0.15) is 5.75 Å². The van der Waals surface area contributed by atoms with Crippen LogP contribution in [0.2, 0.25) is 0 Å². The molecule has 0 aliphatic rings. The molecule has 1 aromatic carbocycles. The Morgan fingerprint density at radius 2 is 1.90 bits per heavy atom. The van der Waals surface area contributed by atoms with Crippen LogP contribution in [0.4, 0.5) is 0 Å². The normalized spacial score (nSPS) is 15.8. The van der Waals surface area contributed by atoms with Crippen LogP contribution in [-0.4, -0.2) is 24.4 Å². The Morgan fingerprint density at radius 3 is 2.45 bits per heavy atom. The predicted octanol–water partition coefficient (Wildman–Crippen LogP) is 3.29. The predicted molar refractivity (Wildman–Crippen MR) is 84.4 cm³/mol. The standard InChI is InChI=1S/C17H29NO2/c1-6-7-15(18)16(19)9-11(2)14-8-13(4)17(20-5)10-12(14)3/h8,10-11,15-16,19H,6-7,9,18H2,1-5H3. The molecule has 3 heteroatoms. The van der Waals surface area contributed by atoms with Crippen LogP contribution in [0.5, 0.6) is 5.75 Å². The maximum Gasteiger partial charge on any atom is 0.122 e. The van der Waals surface area contributed by atoms with E-state index in [1.165, 1.54) is 11.1 Å². The zero-order chi connectivity index (χ0) is 15.3. The van der Waals surface area contributed by atoms with Crippen LogP contribution in [0.3, 0.4) is 0 Å². The maximum absolute atomic E-state index is 10.2. The highest BCUT2D eigenvalue weighted by Crippen LogP contribution is 2.30. The van der Waals surface area contributed by atoms with Crippen LogP contribution in [0.15, 0.2) is 12.1 Å². The number of hydrogen-bond acceptors (Lipinski definition) is 3. The average molecular weight is 279 g/mol. The molecular weight excluding hydrogens is 250 g/mol. The first-order chi connectivity index (χ1) is 9.40. The van der Waals surface area contributed by atoms with Gasteiger partial charge in [-0.25, -0.2) is 0 Å². The van der Waals surface area contributed by atoms with E-state index >= 15 is 0 Å². The van der Waals surface area contributed by atoms with Gasteiger partial charge in [-0.3, -0.25) is 0 Å². The van der Waals surface area contributed by atoms with Gasteiger partial charge in [-0.1, -0.05) is 26.3 Å². The molecule has 0 saturated heterocycles. The molecule has 3 unspecified atom stereocenters. The number of aryl methyl sites for hydroxylation is 2. The Bertz CT molecular complexity index is 431. The highest BCUT2D eigenvalue weighted by Gasteiger charge is 2.19. The van der Waals surface area contributed by atoms with Gasteiger partial charge in [-0.2, -0.15) is 0 Å². The van der Waals surface area contributed by atoms with Crippen molar-refractivity contribution in [2.75, 3.05) is 7.11 Å². The van der Waals surface area contributed by atoms with Gasteiger partial charge in [-0.15, -0.1) is 0 Å². The monoisotopic (exact) mass is 279 g/mol. The second-order valence-electron chi connectivity index (χ2n) is 5.84. The van der Waals surface area contributed by atoms with E-state index in [0.29, 0.717) is 6.42 Å². The van der Waals surface area contributed by atoms with E-state index in [1.807, 2.05) is 6.92 Å². The summed E-state index contributed by atoms with van der Waals surface area (Å²) in [5.74, 6) is 1.21. The zero-order valence-electron chi connectivity index (χ0n) is 13.4. The van der Waals surface area contributed by atoms with Crippen molar-refractivity contribution in [2.24, 2.45) is 5.73 Å². The summed E-state index contributed by atoms with van der Waals surface area (Å²) in [6, 6.07) is 4.11. The van der Waals surface area contributed by atoms with Crippen LogP contribution in [0.25, 0.3) is 0 Å². The van der Waals surface area contributed by atoms with Crippen molar-refractivity contribution in [3.8, 4) is 5.75 Å². The van der Waals surface area contributed by atoms with Crippen LogP contribution >= 0.6 is 0 Å². The van der Waals surface area contributed by atoms with Crippen molar-refractivity contribution in [3.63, 3.8) is 0 Å². The van der Waals surface area contributed by atoms with Crippen LogP contribution in [0, 0.1) is 13.8 Å². The fraction of sp³-hybridized carbons (Fsp3) is 0.647. The van der Waals surface area contributed by atoms with Crippen molar-refractivity contribution >= 4 is 0 Å². The molecule has 0 aliphatic heterocycles. The molecule has 0 spiro atoms. The summed E-state index contributed by atoms with van der Waals surface area (Å²) < 4.78 is 5.34. The average Bonchev–Trinajstić information content (AvgIpc) is 2.40. The lowest BCUT2D eigenvalue weighted by atomic mass is 9.88. The van der Waals surface area contributed by atoms with Crippen LogP contribution in [-0.2, 0) is 0 Å². The Balaban J connectivity index is 2.82. The summed E-state index contributed by atoms with van der Waals surface area (Å²) in [6.45, 7) is 8.38. The van der Waals surface area contributed by atoms with Gasteiger partial charge in [-0.05, 0) is 55.4 Å². The number of aliphatic hydroxyl groups excluding tert-OH is 1. The molecule has 0 aromatic heterocycles. The van der Waals surface area contributed by atoms with Crippen molar-refractivity contribution in [1.29, 1.82) is 0 Å². The second kappa shape index (κ2) is 7.65. The number of benzene rings is 1. The minimum absolute atomic E-state index is 0.123. The molecule has 0 fully saturated rings. The van der Waals surface area contributed by atoms with E-state index in [2.05, 4.69) is 32.9 Å². The quantitative estimate of drug-likeness (QED) is 0.805. The summed E-state index contributed by atoms with van der Waals surface area (Å²) >= 11 is 0. The molecule has 1 rings (SSSR count). The third kappa shape index (κ3) is 4.22. The molecular formula is C17H29NO2. The minimum atomic E-state index is -0.438. The molecule has 20 heavy (non-hydrogen) atoms. The molecule has 3 N–H and O–H groups in total. The van der Waals surface area contributed by atoms with Gasteiger partial charge >= 0.3 is 0 Å². The lowest BCUT2D eigenvalue weighted by Crippen LogP contribution is -2.35. The van der Waals surface area contributed by atoms with E-state index in [9.17, 15) is 5.11 Å². The second-order valence-corrected chi connectivity index (χ2v) is 5.84. The highest BCUT2D eigenvalue weighted by atomic mass is 16.5. The zero-order valence-corrected chi connectivity index (χ0v) is 13.4. The molecule has 0 amide bonds. The molecule has 0 aliphatic carbocycles. The molecule has 3 atom stereocenters. The van der Waals surface area contributed by atoms with Crippen molar-refractivity contribution in [1.82, 2.24) is 0 Å². The molecule has 114 valence electrons. The molecule has 0 bridgehead atoms. The summed E-state index contributed by atoms with van der Waals surface area (Å²) in [7, 11) is 1.69. The summed E-state index contributed by atoms with van der Waals surface area (Å²) in [4.78, 5) is 0. The van der Waals surface area contributed by atoms with Crippen molar-refractivity contribution in [2.45, 2.75) is 65.0 Å². The Hall–Kier alpha value is -1.06. The number of hydrogen-bond donors (Lipinski definition) is 2. The minimum Gasteiger partial charge on any atom is -0.496 e. The van der Waals surface area contributed by atoms with Gasteiger partial charge in [0.2, 0.25) is 0 Å². The van der Waals surface area contributed by atoms with Gasteiger partial charge in [0, 0.05) is 6.04 Å². The van der Waals surface area contributed by atoms with E-state index in [0.717, 1.165) is 24.2 Å². The maximum atomic E-state index is 10.2. The largest absolute Gasteiger partial charge is 0.496 e. The Kier molecular flexibility index (Phi) is 6.50. The molecule has 0 saturated carbocycles. The highest BCUT2D eigenvalue weighted by molar-refractivity contribution is 5.42. The van der Waals surface area contributed by atoms with E-state index in [1.54, 1.807) is 7.11 Å². The SMILES string of the molecule is CCCC(N)C(O)CC(C)c1cc(C)c(OC)cc1C. The first-order valence-electron chi connectivity index (χ1n) is 7.49. The number of nitrogens with two attached hydrogens (primary N) is 1. The first kappa shape index (κ1) is 17.0.